The maximum atomic E-state index is 15.8. The van der Waals surface area contributed by atoms with E-state index in [0.29, 0.717) is 28.9 Å². The van der Waals surface area contributed by atoms with Crippen LogP contribution in [0.2, 0.25) is 5.02 Å². The van der Waals surface area contributed by atoms with Gasteiger partial charge in [-0.1, -0.05) is 66.5 Å². The number of hydrogen-bond acceptors (Lipinski definition) is 4. The van der Waals surface area contributed by atoms with E-state index in [1.807, 2.05) is 18.2 Å². The molecule has 0 bridgehead atoms. The first-order valence-corrected chi connectivity index (χ1v) is 14.0. The molecular formula is C30H29BrClFN4O3. The van der Waals surface area contributed by atoms with E-state index >= 15 is 4.39 Å². The van der Waals surface area contributed by atoms with Crippen molar-refractivity contribution in [2.24, 2.45) is 11.1 Å². The Hall–Kier alpha value is -3.27. The highest BCUT2D eigenvalue weighted by molar-refractivity contribution is 9.10. The zero-order valence-electron chi connectivity index (χ0n) is 22.1. The third-order valence-corrected chi connectivity index (χ3v) is 8.44. The van der Waals surface area contributed by atoms with Gasteiger partial charge in [0.1, 0.15) is 11.2 Å². The molecule has 3 aromatic rings. The summed E-state index contributed by atoms with van der Waals surface area (Å²) >= 11 is 9.72. The first kappa shape index (κ1) is 28.3. The van der Waals surface area contributed by atoms with Gasteiger partial charge in [-0.2, -0.15) is 0 Å². The molecule has 3 aromatic carbocycles. The molecule has 1 saturated heterocycles. The van der Waals surface area contributed by atoms with Crippen LogP contribution < -0.4 is 21.7 Å². The summed E-state index contributed by atoms with van der Waals surface area (Å²) in [6.45, 7) is 6.17. The quantitative estimate of drug-likeness (QED) is 0.289. The van der Waals surface area contributed by atoms with Crippen LogP contribution in [-0.4, -0.2) is 29.8 Å². The molecule has 4 unspecified atom stereocenters. The van der Waals surface area contributed by atoms with Gasteiger partial charge in [0, 0.05) is 33.4 Å². The number of carbonyl (C=O) groups excluding carboxylic acids is 3. The van der Waals surface area contributed by atoms with Crippen molar-refractivity contribution in [1.29, 1.82) is 0 Å². The van der Waals surface area contributed by atoms with Crippen LogP contribution in [0.25, 0.3) is 0 Å². The van der Waals surface area contributed by atoms with Gasteiger partial charge in [-0.25, -0.2) is 4.39 Å². The molecule has 1 fully saturated rings. The third kappa shape index (κ3) is 4.80. The fourth-order valence-corrected chi connectivity index (χ4v) is 6.63. The minimum atomic E-state index is -1.31. The standard InChI is InChI=1S/C30H29BrClFN4O3/c1-29(2,3)14-22-30(19-12-9-16(31)13-21(19)36-28(30)40)23(18-5-4-6-20(32)24(18)33)25(37-22)27(39)35-17-10-7-15(8-11-17)26(34)38/h4-13,22-23,25,37H,14H2,1-3H3,(H2,34,38)(H,35,39)(H,36,40). The molecule has 0 aromatic heterocycles. The van der Waals surface area contributed by atoms with Gasteiger partial charge in [0.25, 0.3) is 0 Å². The van der Waals surface area contributed by atoms with Crippen LogP contribution in [0.1, 0.15) is 54.6 Å². The molecule has 4 atom stereocenters. The van der Waals surface area contributed by atoms with E-state index in [2.05, 4.69) is 52.7 Å². The van der Waals surface area contributed by atoms with E-state index < -0.39 is 41.0 Å². The van der Waals surface area contributed by atoms with Gasteiger partial charge in [0.05, 0.1) is 11.1 Å². The summed E-state index contributed by atoms with van der Waals surface area (Å²) < 4.78 is 16.6. The van der Waals surface area contributed by atoms with Crippen molar-refractivity contribution in [1.82, 2.24) is 5.32 Å². The second-order valence-electron chi connectivity index (χ2n) is 11.5. The maximum absolute atomic E-state index is 15.8. The molecular weight excluding hydrogens is 599 g/mol. The number of primary amides is 1. The monoisotopic (exact) mass is 626 g/mol. The fourth-order valence-electron chi connectivity index (χ4n) is 6.09. The molecule has 2 aliphatic rings. The second-order valence-corrected chi connectivity index (χ2v) is 12.8. The average molecular weight is 628 g/mol. The lowest BCUT2D eigenvalue weighted by atomic mass is 9.62. The summed E-state index contributed by atoms with van der Waals surface area (Å²) in [6.07, 6.45) is 0.520. The number of anilines is 2. The largest absolute Gasteiger partial charge is 0.366 e. The summed E-state index contributed by atoms with van der Waals surface area (Å²) in [5, 5.41) is 9.23. The Labute approximate surface area is 245 Å². The van der Waals surface area contributed by atoms with Crippen molar-refractivity contribution in [2.75, 3.05) is 10.6 Å². The van der Waals surface area contributed by atoms with E-state index in [-0.39, 0.29) is 21.9 Å². The number of fused-ring (bicyclic) bond motifs is 2. The second kappa shape index (κ2) is 10.3. The molecule has 7 nitrogen and oxygen atoms in total. The summed E-state index contributed by atoms with van der Waals surface area (Å²) in [7, 11) is 0. The van der Waals surface area contributed by atoms with Crippen LogP contribution in [0.15, 0.2) is 65.1 Å². The molecule has 3 amide bonds. The van der Waals surface area contributed by atoms with Crippen molar-refractivity contribution in [3.63, 3.8) is 0 Å². The Morgan fingerprint density at radius 3 is 2.48 bits per heavy atom. The molecule has 5 rings (SSSR count). The number of amides is 3. The van der Waals surface area contributed by atoms with Crippen LogP contribution >= 0.6 is 27.5 Å². The lowest BCUT2D eigenvalue weighted by Crippen LogP contribution is -2.49. The Morgan fingerprint density at radius 1 is 1.12 bits per heavy atom. The summed E-state index contributed by atoms with van der Waals surface area (Å²) in [5.41, 5.74) is 5.98. The minimum Gasteiger partial charge on any atom is -0.366 e. The third-order valence-electron chi connectivity index (χ3n) is 7.66. The van der Waals surface area contributed by atoms with Crippen LogP contribution in [0.3, 0.4) is 0 Å². The first-order chi connectivity index (χ1) is 18.8. The number of carbonyl (C=O) groups is 3. The minimum absolute atomic E-state index is 0.0949. The van der Waals surface area contributed by atoms with Gasteiger partial charge < -0.3 is 21.7 Å². The van der Waals surface area contributed by atoms with Crippen molar-refractivity contribution in [3.05, 3.63) is 92.7 Å². The van der Waals surface area contributed by atoms with Crippen LogP contribution in [0, 0.1) is 11.2 Å². The predicted octanol–water partition coefficient (Wildman–Crippen LogP) is 5.73. The van der Waals surface area contributed by atoms with Crippen molar-refractivity contribution >= 4 is 56.6 Å². The molecule has 2 aliphatic heterocycles. The normalized spacial score (nSPS) is 23.6. The number of nitrogens with one attached hydrogen (secondary N) is 3. The number of halogens is 3. The molecule has 0 aliphatic carbocycles. The molecule has 2 heterocycles. The molecule has 5 N–H and O–H groups in total. The Bertz CT molecular complexity index is 1520. The molecule has 1 spiro atoms. The van der Waals surface area contributed by atoms with E-state index in [9.17, 15) is 14.4 Å². The lowest BCUT2D eigenvalue weighted by molar-refractivity contribution is -0.122. The van der Waals surface area contributed by atoms with Crippen LogP contribution in [0.4, 0.5) is 15.8 Å². The SMILES string of the molecule is CC(C)(C)CC1NC(C(=O)Nc2ccc(C(N)=O)cc2)C(c2cccc(Cl)c2F)C12C(=O)Nc1cc(Br)ccc12. The zero-order valence-corrected chi connectivity index (χ0v) is 24.5. The van der Waals surface area contributed by atoms with E-state index in [1.54, 1.807) is 24.3 Å². The lowest BCUT2D eigenvalue weighted by Gasteiger charge is -2.37. The number of benzene rings is 3. The average Bonchev–Trinajstić information content (AvgIpc) is 3.35. The van der Waals surface area contributed by atoms with E-state index in [0.717, 1.165) is 4.47 Å². The summed E-state index contributed by atoms with van der Waals surface area (Å²) in [4.78, 5) is 39.6. The van der Waals surface area contributed by atoms with Crippen LogP contribution in [-0.2, 0) is 15.0 Å². The topological polar surface area (TPSA) is 113 Å². The smallest absolute Gasteiger partial charge is 0.248 e. The molecule has 0 saturated carbocycles. The van der Waals surface area contributed by atoms with Crippen molar-refractivity contribution in [2.45, 2.75) is 50.6 Å². The number of hydrogen-bond donors (Lipinski definition) is 4. The number of rotatable bonds is 5. The summed E-state index contributed by atoms with van der Waals surface area (Å²) in [5.74, 6) is -2.96. The van der Waals surface area contributed by atoms with Gasteiger partial charge in [-0.3, -0.25) is 14.4 Å². The Balaban J connectivity index is 1.69. The van der Waals surface area contributed by atoms with Gasteiger partial charge in [-0.05, 0) is 65.4 Å². The first-order valence-electron chi connectivity index (χ1n) is 12.8. The zero-order chi connectivity index (χ0) is 29.0. The molecule has 40 heavy (non-hydrogen) atoms. The van der Waals surface area contributed by atoms with E-state index in [1.165, 1.54) is 18.2 Å². The van der Waals surface area contributed by atoms with Gasteiger partial charge in [-0.15, -0.1) is 0 Å². The van der Waals surface area contributed by atoms with Crippen molar-refractivity contribution < 1.29 is 18.8 Å². The maximum Gasteiger partial charge on any atom is 0.248 e. The van der Waals surface area contributed by atoms with Crippen molar-refractivity contribution in [3.8, 4) is 0 Å². The van der Waals surface area contributed by atoms with Crippen LogP contribution in [0.5, 0.6) is 0 Å². The van der Waals surface area contributed by atoms with Gasteiger partial charge >= 0.3 is 0 Å². The number of nitrogens with two attached hydrogens (primary N) is 1. The fraction of sp³-hybridized carbons (Fsp3) is 0.300. The van der Waals surface area contributed by atoms with Gasteiger partial charge in [0.2, 0.25) is 17.7 Å². The highest BCUT2D eigenvalue weighted by Gasteiger charge is 2.66. The molecule has 10 heteroatoms. The van der Waals surface area contributed by atoms with Gasteiger partial charge in [0.15, 0.2) is 0 Å². The Morgan fingerprint density at radius 2 is 1.82 bits per heavy atom. The predicted molar refractivity (Wildman–Crippen MR) is 157 cm³/mol. The van der Waals surface area contributed by atoms with E-state index in [4.69, 9.17) is 17.3 Å². The highest BCUT2D eigenvalue weighted by Crippen LogP contribution is 2.57. The summed E-state index contributed by atoms with van der Waals surface area (Å²) in [6, 6.07) is 14.8. The molecule has 208 valence electrons. The highest BCUT2D eigenvalue weighted by atomic mass is 79.9. The molecule has 0 radical (unpaired) electrons. The Kier molecular flexibility index (Phi) is 7.27.